The van der Waals surface area contributed by atoms with E-state index >= 15 is 0 Å². The Labute approximate surface area is 145 Å². The number of carbonyl (C=O) groups is 1. The van der Waals surface area contributed by atoms with Crippen molar-refractivity contribution >= 4 is 11.6 Å². The first-order chi connectivity index (χ1) is 12.1. The molecule has 25 heavy (non-hydrogen) atoms. The van der Waals surface area contributed by atoms with Crippen molar-refractivity contribution in [2.75, 3.05) is 12.4 Å². The highest BCUT2D eigenvalue weighted by Gasteiger charge is 2.16. The van der Waals surface area contributed by atoms with E-state index in [1.165, 1.54) is 0 Å². The molecule has 1 N–H and O–H groups in total. The third-order valence-corrected chi connectivity index (χ3v) is 3.72. The minimum Gasteiger partial charge on any atom is -0.497 e. The third kappa shape index (κ3) is 3.68. The lowest BCUT2D eigenvalue weighted by Crippen LogP contribution is -2.12. The van der Waals surface area contributed by atoms with Crippen molar-refractivity contribution in [1.29, 1.82) is 0 Å². The number of methoxy groups -OCH3 is 1. The lowest BCUT2D eigenvalue weighted by molar-refractivity contribution is 0.102. The van der Waals surface area contributed by atoms with Gasteiger partial charge in [0.05, 0.1) is 18.4 Å². The normalized spacial score (nSPS) is 10.7. The minimum absolute atomic E-state index is 0.165. The number of amides is 1. The molecule has 0 atom stereocenters. The molecule has 0 fully saturated rings. The zero-order valence-corrected chi connectivity index (χ0v) is 14.3. The number of aromatic nitrogens is 2. The van der Waals surface area contributed by atoms with E-state index in [-0.39, 0.29) is 11.8 Å². The second-order valence-electron chi connectivity index (χ2n) is 5.84. The fourth-order valence-corrected chi connectivity index (χ4v) is 2.29. The Morgan fingerprint density at radius 2 is 1.84 bits per heavy atom. The van der Waals surface area contributed by atoms with Crippen LogP contribution in [0.1, 0.15) is 35.9 Å². The summed E-state index contributed by atoms with van der Waals surface area (Å²) < 4.78 is 10.4. The first kappa shape index (κ1) is 16.7. The highest BCUT2D eigenvalue weighted by Crippen LogP contribution is 2.28. The van der Waals surface area contributed by atoms with E-state index < -0.39 is 0 Å². The number of carbonyl (C=O) groups excluding carboxylic acids is 1. The minimum atomic E-state index is -0.223. The molecule has 2 aromatic carbocycles. The van der Waals surface area contributed by atoms with Crippen LogP contribution in [-0.4, -0.2) is 23.2 Å². The molecule has 0 spiro atoms. The van der Waals surface area contributed by atoms with Crippen LogP contribution < -0.4 is 10.1 Å². The standard InChI is InChI=1S/C19H19N3O3/c1-12(2)17-21-19(25-22-17)15-6-4-5-7-16(15)20-18(23)13-8-10-14(24-3)11-9-13/h4-12H,1-3H3,(H,20,23). The molecule has 0 bridgehead atoms. The average Bonchev–Trinajstić information content (AvgIpc) is 3.12. The van der Waals surface area contributed by atoms with Gasteiger partial charge in [0, 0.05) is 11.5 Å². The van der Waals surface area contributed by atoms with Crippen LogP contribution in [0.5, 0.6) is 5.75 Å². The van der Waals surface area contributed by atoms with E-state index in [0.717, 1.165) is 0 Å². The Hall–Kier alpha value is -3.15. The first-order valence-electron chi connectivity index (χ1n) is 7.97. The average molecular weight is 337 g/mol. The molecule has 0 saturated heterocycles. The predicted octanol–water partition coefficient (Wildman–Crippen LogP) is 4.12. The molecule has 128 valence electrons. The molecule has 1 heterocycles. The van der Waals surface area contributed by atoms with Crippen molar-refractivity contribution in [3.63, 3.8) is 0 Å². The third-order valence-electron chi connectivity index (χ3n) is 3.72. The number of ether oxygens (including phenoxy) is 1. The molecule has 0 unspecified atom stereocenters. The molecule has 0 aliphatic carbocycles. The monoisotopic (exact) mass is 337 g/mol. The Balaban J connectivity index is 1.86. The summed E-state index contributed by atoms with van der Waals surface area (Å²) >= 11 is 0. The van der Waals surface area contributed by atoms with Gasteiger partial charge in [-0.25, -0.2) is 0 Å². The zero-order valence-electron chi connectivity index (χ0n) is 14.3. The van der Waals surface area contributed by atoms with Gasteiger partial charge in [-0.2, -0.15) is 4.98 Å². The highest BCUT2D eigenvalue weighted by molar-refractivity contribution is 6.06. The van der Waals surface area contributed by atoms with Crippen molar-refractivity contribution in [3.8, 4) is 17.2 Å². The van der Waals surface area contributed by atoms with Gasteiger partial charge in [-0.05, 0) is 36.4 Å². The summed E-state index contributed by atoms with van der Waals surface area (Å²) in [5.41, 5.74) is 1.83. The van der Waals surface area contributed by atoms with Crippen LogP contribution >= 0.6 is 0 Å². The summed E-state index contributed by atoms with van der Waals surface area (Å²) in [7, 11) is 1.58. The summed E-state index contributed by atoms with van der Waals surface area (Å²) in [4.78, 5) is 16.9. The van der Waals surface area contributed by atoms with Crippen LogP contribution in [0, 0.1) is 0 Å². The van der Waals surface area contributed by atoms with Gasteiger partial charge in [0.1, 0.15) is 5.75 Å². The first-order valence-corrected chi connectivity index (χ1v) is 7.97. The number of para-hydroxylation sites is 1. The van der Waals surface area contributed by atoms with Gasteiger partial charge in [-0.1, -0.05) is 31.1 Å². The van der Waals surface area contributed by atoms with Gasteiger partial charge in [0.25, 0.3) is 11.8 Å². The number of rotatable bonds is 5. The number of anilines is 1. The second kappa shape index (κ2) is 7.17. The Morgan fingerprint density at radius 1 is 1.12 bits per heavy atom. The number of hydrogen-bond acceptors (Lipinski definition) is 5. The van der Waals surface area contributed by atoms with Crippen molar-refractivity contribution < 1.29 is 14.1 Å². The molecule has 6 heteroatoms. The maximum absolute atomic E-state index is 12.5. The Kier molecular flexibility index (Phi) is 4.79. The lowest BCUT2D eigenvalue weighted by Gasteiger charge is -2.09. The number of benzene rings is 2. The van der Waals surface area contributed by atoms with Gasteiger partial charge in [0.2, 0.25) is 0 Å². The molecule has 0 saturated carbocycles. The number of nitrogens with one attached hydrogen (secondary N) is 1. The van der Waals surface area contributed by atoms with Crippen molar-refractivity contribution in [1.82, 2.24) is 10.1 Å². The van der Waals surface area contributed by atoms with E-state index in [1.807, 2.05) is 32.0 Å². The van der Waals surface area contributed by atoms with Gasteiger partial charge < -0.3 is 14.6 Å². The van der Waals surface area contributed by atoms with Crippen molar-refractivity contribution in [2.24, 2.45) is 0 Å². The number of nitrogens with zero attached hydrogens (tertiary/aromatic N) is 2. The van der Waals surface area contributed by atoms with E-state index in [4.69, 9.17) is 9.26 Å². The highest BCUT2D eigenvalue weighted by atomic mass is 16.5. The van der Waals surface area contributed by atoms with Crippen molar-refractivity contribution in [3.05, 3.63) is 59.9 Å². The molecule has 0 aliphatic rings. The largest absolute Gasteiger partial charge is 0.497 e. The lowest BCUT2D eigenvalue weighted by atomic mass is 10.1. The molecular formula is C19H19N3O3. The Morgan fingerprint density at radius 3 is 2.48 bits per heavy atom. The second-order valence-corrected chi connectivity index (χ2v) is 5.84. The summed E-state index contributed by atoms with van der Waals surface area (Å²) in [6.45, 7) is 3.98. The fraction of sp³-hybridized carbons (Fsp3) is 0.211. The van der Waals surface area contributed by atoms with Gasteiger partial charge >= 0.3 is 0 Å². The summed E-state index contributed by atoms with van der Waals surface area (Å²) in [6, 6.07) is 14.2. The molecule has 6 nitrogen and oxygen atoms in total. The molecule has 3 rings (SSSR count). The Bertz CT molecular complexity index is 870. The summed E-state index contributed by atoms with van der Waals surface area (Å²) in [5, 5.41) is 6.87. The zero-order chi connectivity index (χ0) is 17.8. The van der Waals surface area contributed by atoms with E-state index in [0.29, 0.717) is 34.3 Å². The van der Waals surface area contributed by atoms with Gasteiger partial charge in [-0.3, -0.25) is 4.79 Å². The topological polar surface area (TPSA) is 77.2 Å². The quantitative estimate of drug-likeness (QED) is 0.758. The molecule has 1 amide bonds. The maximum atomic E-state index is 12.5. The summed E-state index contributed by atoms with van der Waals surface area (Å²) in [5.74, 6) is 1.65. The molecule has 3 aromatic rings. The fourth-order valence-electron chi connectivity index (χ4n) is 2.29. The van der Waals surface area contributed by atoms with Crippen LogP contribution in [0.4, 0.5) is 5.69 Å². The molecule has 0 aliphatic heterocycles. The number of hydrogen-bond donors (Lipinski definition) is 1. The molecule has 1 aromatic heterocycles. The van der Waals surface area contributed by atoms with Gasteiger partial charge in [0.15, 0.2) is 5.82 Å². The molecular weight excluding hydrogens is 318 g/mol. The predicted molar refractivity (Wildman–Crippen MR) is 94.8 cm³/mol. The van der Waals surface area contributed by atoms with E-state index in [1.54, 1.807) is 37.4 Å². The van der Waals surface area contributed by atoms with E-state index in [9.17, 15) is 4.79 Å². The van der Waals surface area contributed by atoms with Crippen LogP contribution in [0.2, 0.25) is 0 Å². The van der Waals surface area contributed by atoms with Gasteiger partial charge in [-0.15, -0.1) is 0 Å². The van der Waals surface area contributed by atoms with Crippen molar-refractivity contribution in [2.45, 2.75) is 19.8 Å². The molecule has 0 radical (unpaired) electrons. The van der Waals surface area contributed by atoms with Crippen LogP contribution in [0.3, 0.4) is 0 Å². The summed E-state index contributed by atoms with van der Waals surface area (Å²) in [6.07, 6.45) is 0. The van der Waals surface area contributed by atoms with Crippen LogP contribution in [0.15, 0.2) is 53.1 Å². The van der Waals surface area contributed by atoms with Crippen LogP contribution in [0.25, 0.3) is 11.5 Å². The SMILES string of the molecule is COc1ccc(C(=O)Nc2ccccc2-c2nc(C(C)C)no2)cc1. The maximum Gasteiger partial charge on any atom is 0.260 e. The smallest absolute Gasteiger partial charge is 0.260 e. The van der Waals surface area contributed by atoms with E-state index in [2.05, 4.69) is 15.5 Å². The van der Waals surface area contributed by atoms with Crippen LogP contribution in [-0.2, 0) is 0 Å².